The minimum absolute atomic E-state index is 0.0472. The molecule has 2 amide bonds. The molecule has 1 aliphatic rings. The summed E-state index contributed by atoms with van der Waals surface area (Å²) in [5.41, 5.74) is 1.54. The van der Waals surface area contributed by atoms with Gasteiger partial charge in [0.05, 0.1) is 35.8 Å². The van der Waals surface area contributed by atoms with Crippen molar-refractivity contribution in [2.75, 3.05) is 30.5 Å². The molecule has 0 saturated carbocycles. The number of para-hydroxylation sites is 2. The molecule has 2 aromatic heterocycles. The molecule has 15 nitrogen and oxygen atoms in total. The van der Waals surface area contributed by atoms with Crippen LogP contribution < -0.4 is 15.0 Å². The Morgan fingerprint density at radius 1 is 0.863 bits per heavy atom. The maximum Gasteiger partial charge on any atom is 0.425 e. The van der Waals surface area contributed by atoms with E-state index in [9.17, 15) is 19.2 Å². The molecule has 0 bridgehead atoms. The van der Waals surface area contributed by atoms with Crippen molar-refractivity contribution >= 4 is 52.4 Å². The molecule has 0 spiro atoms. The number of imidazole rings is 1. The van der Waals surface area contributed by atoms with Gasteiger partial charge < -0.3 is 23.7 Å². The summed E-state index contributed by atoms with van der Waals surface area (Å²) in [4.78, 5) is 65.8. The van der Waals surface area contributed by atoms with Crippen LogP contribution in [0.3, 0.4) is 0 Å². The van der Waals surface area contributed by atoms with Gasteiger partial charge in [-0.25, -0.2) is 19.5 Å². The third kappa shape index (κ3) is 7.84. The van der Waals surface area contributed by atoms with Gasteiger partial charge in [0.25, 0.3) is 5.88 Å². The second-order valence-electron chi connectivity index (χ2n) is 11.5. The number of methoxy groups -OCH3 is 1. The standard InChI is InChI=1S/C36H34N6O9/c1-22(43)38-35-39-31-29(32(40-35)51-36(46)42(25-15-9-5-10-16-25)26-17-11-6-12-18-26)37-21-41(31)33-30(49-23(2)44)27(19-47-3)28(50-33)20-48-34(45)24-13-7-4-8-14-24/h4-18,21,27-28,30,33H,19-20H2,1-3H3,(H,38,39,40,43)/t27-,28-,30-,33-/m1/s1. The highest BCUT2D eigenvalue weighted by Crippen LogP contribution is 2.39. The highest BCUT2D eigenvalue weighted by atomic mass is 16.6. The molecule has 3 heterocycles. The topological polar surface area (TPSA) is 173 Å². The lowest BCUT2D eigenvalue weighted by molar-refractivity contribution is -0.154. The molecule has 15 heteroatoms. The van der Waals surface area contributed by atoms with E-state index in [1.54, 1.807) is 78.9 Å². The van der Waals surface area contributed by atoms with Gasteiger partial charge in [-0.3, -0.25) is 19.5 Å². The highest BCUT2D eigenvalue weighted by Gasteiger charge is 2.49. The van der Waals surface area contributed by atoms with E-state index >= 15 is 0 Å². The van der Waals surface area contributed by atoms with Crippen LogP contribution in [0, 0.1) is 5.92 Å². The summed E-state index contributed by atoms with van der Waals surface area (Å²) in [5, 5.41) is 2.53. The summed E-state index contributed by atoms with van der Waals surface area (Å²) in [7, 11) is 1.49. The fourth-order valence-electron chi connectivity index (χ4n) is 5.72. The molecule has 1 saturated heterocycles. The van der Waals surface area contributed by atoms with Crippen molar-refractivity contribution in [2.24, 2.45) is 5.92 Å². The van der Waals surface area contributed by atoms with Crippen LogP contribution in [0.25, 0.3) is 11.2 Å². The summed E-state index contributed by atoms with van der Waals surface area (Å²) in [6.45, 7) is 2.43. The first-order valence-corrected chi connectivity index (χ1v) is 15.9. The fraction of sp³-hybridized carbons (Fsp3) is 0.250. The Morgan fingerprint density at radius 3 is 2.08 bits per heavy atom. The van der Waals surface area contributed by atoms with Gasteiger partial charge in [0.15, 0.2) is 23.5 Å². The Balaban J connectivity index is 1.37. The number of fused-ring (bicyclic) bond motifs is 1. The van der Waals surface area contributed by atoms with Crippen LogP contribution >= 0.6 is 0 Å². The monoisotopic (exact) mass is 694 g/mol. The number of esters is 2. The molecule has 5 aromatic rings. The lowest BCUT2D eigenvalue weighted by Crippen LogP contribution is -2.35. The molecule has 51 heavy (non-hydrogen) atoms. The molecule has 262 valence electrons. The lowest BCUT2D eigenvalue weighted by Gasteiger charge is -2.24. The van der Waals surface area contributed by atoms with Crippen molar-refractivity contribution in [3.8, 4) is 5.88 Å². The van der Waals surface area contributed by atoms with Gasteiger partial charge in [0.1, 0.15) is 12.7 Å². The summed E-state index contributed by atoms with van der Waals surface area (Å²) < 4.78 is 30.6. The Hall–Kier alpha value is -6.19. The van der Waals surface area contributed by atoms with Crippen molar-refractivity contribution < 1.29 is 42.9 Å². The number of benzene rings is 3. The van der Waals surface area contributed by atoms with Crippen molar-refractivity contribution in [1.82, 2.24) is 19.5 Å². The van der Waals surface area contributed by atoms with Crippen LogP contribution in [0.5, 0.6) is 5.88 Å². The summed E-state index contributed by atoms with van der Waals surface area (Å²) in [6, 6.07) is 26.2. The number of hydrogen-bond acceptors (Lipinski definition) is 12. The molecule has 6 rings (SSSR count). The van der Waals surface area contributed by atoms with Gasteiger partial charge in [0, 0.05) is 21.0 Å². The Bertz CT molecular complexity index is 1970. The van der Waals surface area contributed by atoms with E-state index in [4.69, 9.17) is 23.7 Å². The first-order valence-electron chi connectivity index (χ1n) is 15.9. The zero-order valence-electron chi connectivity index (χ0n) is 27.9. The molecule has 1 fully saturated rings. The van der Waals surface area contributed by atoms with E-state index in [-0.39, 0.29) is 36.2 Å². The van der Waals surface area contributed by atoms with Crippen LogP contribution in [-0.4, -0.2) is 76.0 Å². The second kappa shape index (κ2) is 15.6. The van der Waals surface area contributed by atoms with E-state index in [0.717, 1.165) is 0 Å². The fourth-order valence-corrected chi connectivity index (χ4v) is 5.72. The molecule has 0 unspecified atom stereocenters. The Kier molecular flexibility index (Phi) is 10.6. The van der Waals surface area contributed by atoms with E-state index in [2.05, 4.69) is 20.3 Å². The highest BCUT2D eigenvalue weighted by molar-refractivity contribution is 5.98. The quantitative estimate of drug-likeness (QED) is 0.182. The molecule has 0 radical (unpaired) electrons. The van der Waals surface area contributed by atoms with E-state index in [1.165, 1.54) is 36.8 Å². The van der Waals surface area contributed by atoms with Crippen LogP contribution in [0.15, 0.2) is 97.3 Å². The minimum atomic E-state index is -1.06. The number of ether oxygens (including phenoxy) is 5. The van der Waals surface area contributed by atoms with Crippen molar-refractivity contribution in [3.05, 3.63) is 103 Å². The summed E-state index contributed by atoms with van der Waals surface area (Å²) in [6.07, 6.45) is -2.26. The van der Waals surface area contributed by atoms with Crippen molar-refractivity contribution in [1.29, 1.82) is 0 Å². The number of aromatic nitrogens is 4. The first-order chi connectivity index (χ1) is 24.7. The molecule has 1 N–H and O–H groups in total. The molecular weight excluding hydrogens is 660 g/mol. The van der Waals surface area contributed by atoms with Crippen LogP contribution in [0.4, 0.5) is 22.1 Å². The Labute approximate surface area is 292 Å². The smallest absolute Gasteiger partial charge is 0.425 e. The molecule has 3 aromatic carbocycles. The largest absolute Gasteiger partial charge is 0.459 e. The van der Waals surface area contributed by atoms with Gasteiger partial charge in [-0.15, -0.1) is 0 Å². The van der Waals surface area contributed by atoms with Crippen LogP contribution in [-0.2, 0) is 28.5 Å². The SMILES string of the molecule is COC[C@H]1[C@@H](OC(C)=O)[C@H](n2cnc3c(OC(=O)N(c4ccccc4)c4ccccc4)nc(NC(C)=O)nc32)O[C@@H]1COC(=O)c1ccccc1. The van der Waals surface area contributed by atoms with Gasteiger partial charge in [-0.1, -0.05) is 54.6 Å². The number of amides is 2. The van der Waals surface area contributed by atoms with Crippen molar-refractivity contribution in [3.63, 3.8) is 0 Å². The Morgan fingerprint density at radius 2 is 1.49 bits per heavy atom. The maximum absolute atomic E-state index is 13.9. The van der Waals surface area contributed by atoms with E-state index in [1.807, 2.05) is 12.1 Å². The maximum atomic E-state index is 13.9. The third-order valence-corrected chi connectivity index (χ3v) is 7.89. The number of nitrogens with zero attached hydrogens (tertiary/aromatic N) is 5. The number of rotatable bonds is 11. The average molecular weight is 695 g/mol. The van der Waals surface area contributed by atoms with Crippen LogP contribution in [0.1, 0.15) is 30.4 Å². The van der Waals surface area contributed by atoms with E-state index < -0.39 is 48.3 Å². The van der Waals surface area contributed by atoms with Crippen LogP contribution in [0.2, 0.25) is 0 Å². The number of nitrogens with one attached hydrogen (secondary N) is 1. The molecule has 0 aliphatic carbocycles. The predicted molar refractivity (Wildman–Crippen MR) is 182 cm³/mol. The molecule has 1 aliphatic heterocycles. The predicted octanol–water partition coefficient (Wildman–Crippen LogP) is 5.07. The number of anilines is 3. The zero-order valence-corrected chi connectivity index (χ0v) is 27.9. The lowest BCUT2D eigenvalue weighted by atomic mass is 9.99. The van der Waals surface area contributed by atoms with Gasteiger partial charge >= 0.3 is 18.0 Å². The number of hydrogen-bond donors (Lipinski definition) is 1. The van der Waals surface area contributed by atoms with Gasteiger partial charge in [0.2, 0.25) is 11.9 Å². The first kappa shape index (κ1) is 34.7. The number of carbonyl (C=O) groups is 4. The molecular formula is C36H34N6O9. The normalized spacial score (nSPS) is 18.2. The minimum Gasteiger partial charge on any atom is -0.459 e. The summed E-state index contributed by atoms with van der Waals surface area (Å²) in [5.74, 6) is -2.67. The van der Waals surface area contributed by atoms with Gasteiger partial charge in [-0.2, -0.15) is 9.97 Å². The molecule has 4 atom stereocenters. The van der Waals surface area contributed by atoms with E-state index in [0.29, 0.717) is 16.9 Å². The van der Waals surface area contributed by atoms with Crippen molar-refractivity contribution in [2.45, 2.75) is 32.3 Å². The number of carbonyl (C=O) groups excluding carboxylic acids is 4. The average Bonchev–Trinajstić information content (AvgIpc) is 3.69. The third-order valence-electron chi connectivity index (χ3n) is 7.89. The summed E-state index contributed by atoms with van der Waals surface area (Å²) >= 11 is 0. The van der Waals surface area contributed by atoms with Gasteiger partial charge in [-0.05, 0) is 36.4 Å². The zero-order chi connectivity index (χ0) is 35.9. The second-order valence-corrected chi connectivity index (χ2v) is 11.5.